The first-order valence-corrected chi connectivity index (χ1v) is 9.65. The SMILES string of the molecule is C[C@H](CC1CC1)Nc1nc(N[C@H](C)C2CC2)nc(-c2cccc(O)c2)n1. The van der Waals surface area contributed by atoms with Crippen molar-refractivity contribution < 1.29 is 5.11 Å². The van der Waals surface area contributed by atoms with Gasteiger partial charge in [0.05, 0.1) is 0 Å². The van der Waals surface area contributed by atoms with Crippen LogP contribution < -0.4 is 10.6 Å². The van der Waals surface area contributed by atoms with Crippen LogP contribution in [0, 0.1) is 11.8 Å². The van der Waals surface area contributed by atoms with E-state index >= 15 is 0 Å². The molecular weight excluding hydrogens is 326 g/mol. The monoisotopic (exact) mass is 353 g/mol. The lowest BCUT2D eigenvalue weighted by atomic mass is 10.2. The summed E-state index contributed by atoms with van der Waals surface area (Å²) in [5.74, 6) is 3.53. The smallest absolute Gasteiger partial charge is 0.228 e. The number of phenolic OH excluding ortho intramolecular Hbond substituents is 1. The Hall–Kier alpha value is -2.37. The highest BCUT2D eigenvalue weighted by atomic mass is 16.3. The van der Waals surface area contributed by atoms with Gasteiger partial charge in [-0.2, -0.15) is 15.0 Å². The van der Waals surface area contributed by atoms with E-state index in [1.54, 1.807) is 18.2 Å². The molecule has 2 aromatic rings. The fourth-order valence-electron chi connectivity index (χ4n) is 3.33. The average Bonchev–Trinajstić information content (AvgIpc) is 3.48. The lowest BCUT2D eigenvalue weighted by Gasteiger charge is -2.17. The number of nitrogens with one attached hydrogen (secondary N) is 2. The molecule has 2 saturated carbocycles. The summed E-state index contributed by atoms with van der Waals surface area (Å²) in [6, 6.07) is 7.72. The predicted molar refractivity (Wildman–Crippen MR) is 103 cm³/mol. The Kier molecular flexibility index (Phi) is 4.66. The number of hydrogen-bond acceptors (Lipinski definition) is 6. The quantitative estimate of drug-likeness (QED) is 0.664. The van der Waals surface area contributed by atoms with E-state index < -0.39 is 0 Å². The van der Waals surface area contributed by atoms with Gasteiger partial charge in [0.1, 0.15) is 5.75 Å². The lowest BCUT2D eigenvalue weighted by molar-refractivity contribution is 0.475. The maximum absolute atomic E-state index is 9.79. The van der Waals surface area contributed by atoms with Crippen molar-refractivity contribution in [3.05, 3.63) is 24.3 Å². The van der Waals surface area contributed by atoms with Gasteiger partial charge in [-0.25, -0.2) is 0 Å². The maximum Gasteiger partial charge on any atom is 0.228 e. The van der Waals surface area contributed by atoms with Crippen molar-refractivity contribution in [1.82, 2.24) is 15.0 Å². The van der Waals surface area contributed by atoms with Crippen molar-refractivity contribution in [2.24, 2.45) is 11.8 Å². The molecular formula is C20H27N5O. The van der Waals surface area contributed by atoms with Gasteiger partial charge < -0.3 is 15.7 Å². The highest BCUT2D eigenvalue weighted by Crippen LogP contribution is 2.35. The Balaban J connectivity index is 1.59. The number of anilines is 2. The fraction of sp³-hybridized carbons (Fsp3) is 0.550. The lowest BCUT2D eigenvalue weighted by Crippen LogP contribution is -2.22. The summed E-state index contributed by atoms with van der Waals surface area (Å²) in [6.07, 6.45) is 6.35. The Morgan fingerprint density at radius 3 is 2.42 bits per heavy atom. The molecule has 3 N–H and O–H groups in total. The molecule has 2 atom stereocenters. The van der Waals surface area contributed by atoms with Crippen LogP contribution in [-0.4, -0.2) is 32.1 Å². The highest BCUT2D eigenvalue weighted by Gasteiger charge is 2.29. The molecule has 4 rings (SSSR count). The zero-order valence-corrected chi connectivity index (χ0v) is 15.4. The first-order chi connectivity index (χ1) is 12.6. The summed E-state index contributed by atoms with van der Waals surface area (Å²) < 4.78 is 0. The number of benzene rings is 1. The fourth-order valence-corrected chi connectivity index (χ4v) is 3.33. The van der Waals surface area contributed by atoms with Crippen LogP contribution in [0.2, 0.25) is 0 Å². The first-order valence-electron chi connectivity index (χ1n) is 9.65. The van der Waals surface area contributed by atoms with Crippen molar-refractivity contribution in [3.8, 4) is 17.1 Å². The van der Waals surface area contributed by atoms with Gasteiger partial charge in [-0.3, -0.25) is 0 Å². The Morgan fingerprint density at radius 1 is 1.04 bits per heavy atom. The predicted octanol–water partition coefficient (Wildman–Crippen LogP) is 4.06. The van der Waals surface area contributed by atoms with E-state index in [9.17, 15) is 5.11 Å². The van der Waals surface area contributed by atoms with Crippen LogP contribution in [0.3, 0.4) is 0 Å². The van der Waals surface area contributed by atoms with Gasteiger partial charge in [0.2, 0.25) is 11.9 Å². The zero-order valence-electron chi connectivity index (χ0n) is 15.4. The third kappa shape index (κ3) is 4.42. The number of phenols is 1. The van der Waals surface area contributed by atoms with Crippen LogP contribution in [-0.2, 0) is 0 Å². The molecule has 0 unspecified atom stereocenters. The van der Waals surface area contributed by atoms with E-state index in [1.165, 1.54) is 25.7 Å². The van der Waals surface area contributed by atoms with Gasteiger partial charge in [0.25, 0.3) is 0 Å². The summed E-state index contributed by atoms with van der Waals surface area (Å²) in [4.78, 5) is 13.8. The van der Waals surface area contributed by atoms with Crippen molar-refractivity contribution in [2.75, 3.05) is 10.6 Å². The number of nitrogens with zero attached hydrogens (tertiary/aromatic N) is 3. The average molecular weight is 353 g/mol. The molecule has 6 nitrogen and oxygen atoms in total. The van der Waals surface area contributed by atoms with E-state index in [0.717, 1.165) is 17.9 Å². The molecule has 2 aliphatic carbocycles. The molecule has 0 radical (unpaired) electrons. The normalized spacial score (nSPS) is 19.0. The van der Waals surface area contributed by atoms with Gasteiger partial charge >= 0.3 is 0 Å². The van der Waals surface area contributed by atoms with Crippen molar-refractivity contribution in [3.63, 3.8) is 0 Å². The van der Waals surface area contributed by atoms with Gasteiger partial charge in [-0.05, 0) is 57.1 Å². The molecule has 6 heteroatoms. The number of hydrogen-bond donors (Lipinski definition) is 3. The summed E-state index contributed by atoms with van der Waals surface area (Å²) in [7, 11) is 0. The summed E-state index contributed by atoms with van der Waals surface area (Å²) >= 11 is 0. The molecule has 0 aliphatic heterocycles. The molecule has 26 heavy (non-hydrogen) atoms. The first kappa shape index (κ1) is 17.1. The Labute approximate surface area is 154 Å². The molecule has 1 aromatic carbocycles. The summed E-state index contributed by atoms with van der Waals surface area (Å²) in [5, 5.41) is 16.7. The number of aromatic hydroxyl groups is 1. The van der Waals surface area contributed by atoms with E-state index in [4.69, 9.17) is 0 Å². The second-order valence-corrected chi connectivity index (χ2v) is 7.85. The van der Waals surface area contributed by atoms with Gasteiger partial charge in [0, 0.05) is 17.6 Å². The minimum absolute atomic E-state index is 0.209. The van der Waals surface area contributed by atoms with Gasteiger partial charge in [0.15, 0.2) is 5.82 Å². The molecule has 2 fully saturated rings. The van der Waals surface area contributed by atoms with E-state index in [-0.39, 0.29) is 5.75 Å². The maximum atomic E-state index is 9.79. The number of aromatic nitrogens is 3. The summed E-state index contributed by atoms with van der Waals surface area (Å²) in [5.41, 5.74) is 0.785. The van der Waals surface area contributed by atoms with Crippen LogP contribution >= 0.6 is 0 Å². The van der Waals surface area contributed by atoms with Crippen molar-refractivity contribution in [2.45, 2.75) is 58.0 Å². The minimum atomic E-state index is 0.209. The highest BCUT2D eigenvalue weighted by molar-refractivity contribution is 5.60. The molecule has 1 heterocycles. The van der Waals surface area contributed by atoms with Crippen molar-refractivity contribution in [1.29, 1.82) is 0 Å². The van der Waals surface area contributed by atoms with E-state index in [1.807, 2.05) is 6.07 Å². The molecule has 0 spiro atoms. The Morgan fingerprint density at radius 2 is 1.77 bits per heavy atom. The molecule has 0 bridgehead atoms. The van der Waals surface area contributed by atoms with Crippen LogP contribution in [0.25, 0.3) is 11.4 Å². The third-order valence-corrected chi connectivity index (χ3v) is 5.18. The zero-order chi connectivity index (χ0) is 18.1. The largest absolute Gasteiger partial charge is 0.508 e. The molecule has 138 valence electrons. The van der Waals surface area contributed by atoms with Crippen LogP contribution in [0.5, 0.6) is 5.75 Å². The van der Waals surface area contributed by atoms with Crippen molar-refractivity contribution >= 4 is 11.9 Å². The van der Waals surface area contributed by atoms with Crippen LogP contribution in [0.4, 0.5) is 11.9 Å². The molecule has 1 aromatic heterocycles. The van der Waals surface area contributed by atoms with E-state index in [2.05, 4.69) is 39.4 Å². The van der Waals surface area contributed by atoms with Crippen LogP contribution in [0.1, 0.15) is 46.0 Å². The molecule has 0 amide bonds. The van der Waals surface area contributed by atoms with Crippen LogP contribution in [0.15, 0.2) is 24.3 Å². The third-order valence-electron chi connectivity index (χ3n) is 5.18. The second-order valence-electron chi connectivity index (χ2n) is 7.85. The topological polar surface area (TPSA) is 83.0 Å². The summed E-state index contributed by atoms with van der Waals surface area (Å²) in [6.45, 7) is 4.36. The molecule has 0 saturated heterocycles. The second kappa shape index (κ2) is 7.09. The van der Waals surface area contributed by atoms with E-state index in [0.29, 0.717) is 35.7 Å². The molecule has 2 aliphatic rings. The standard InChI is InChI=1S/C20H27N5O/c1-12(10-14-6-7-14)21-19-23-18(16-4-3-5-17(26)11-16)24-20(25-19)22-13(2)15-8-9-15/h3-5,11-15,26H,6-10H2,1-2H3,(H2,21,22,23,24,25)/t12-,13-/m1/s1. The minimum Gasteiger partial charge on any atom is -0.508 e. The van der Waals surface area contributed by atoms with Gasteiger partial charge in [-0.15, -0.1) is 0 Å². The van der Waals surface area contributed by atoms with Gasteiger partial charge in [-0.1, -0.05) is 25.0 Å². The Bertz CT molecular complexity index is 773. The number of rotatable bonds is 8.